The van der Waals surface area contributed by atoms with Gasteiger partial charge in [-0.15, -0.1) is 0 Å². The average molecular weight is 197 g/mol. The van der Waals surface area contributed by atoms with E-state index in [4.69, 9.17) is 5.11 Å². The fraction of sp³-hybridized carbons (Fsp3) is 0.727. The highest BCUT2D eigenvalue weighted by Crippen LogP contribution is 2.17. The molecule has 14 heavy (non-hydrogen) atoms. The number of rotatable bonds is 5. The Hall–Kier alpha value is -0.830. The topological polar surface area (TPSA) is 49.3 Å². The second-order valence-electron chi connectivity index (χ2n) is 3.70. The van der Waals surface area contributed by atoms with Gasteiger partial charge in [-0.1, -0.05) is 12.2 Å². The van der Waals surface area contributed by atoms with Crippen LogP contribution in [0.5, 0.6) is 0 Å². The minimum absolute atomic E-state index is 0.173. The summed E-state index contributed by atoms with van der Waals surface area (Å²) >= 11 is 0. The number of amides is 1. The second-order valence-corrected chi connectivity index (χ2v) is 3.70. The lowest BCUT2D eigenvalue weighted by atomic mass is 9.94. The Labute approximate surface area is 85.2 Å². The van der Waals surface area contributed by atoms with Gasteiger partial charge in [-0.2, -0.15) is 0 Å². The molecule has 2 N–H and O–H groups in total. The standard InChI is InChI=1S/C11H19NO2/c13-9-5-4-8-12-11(14)10-6-2-1-3-7-10/h1-2,10,13H,3-9H2,(H,12,14). The van der Waals surface area contributed by atoms with Crippen LogP contribution < -0.4 is 5.32 Å². The zero-order chi connectivity index (χ0) is 10.2. The normalized spacial score (nSPS) is 20.8. The summed E-state index contributed by atoms with van der Waals surface area (Å²) in [5, 5.41) is 11.5. The van der Waals surface area contributed by atoms with Crippen LogP contribution in [0.15, 0.2) is 12.2 Å². The molecule has 1 rings (SSSR count). The monoisotopic (exact) mass is 197 g/mol. The van der Waals surface area contributed by atoms with Gasteiger partial charge in [-0.25, -0.2) is 0 Å². The molecule has 1 aliphatic rings. The first kappa shape index (κ1) is 11.2. The Morgan fingerprint density at radius 3 is 2.93 bits per heavy atom. The lowest BCUT2D eigenvalue weighted by Gasteiger charge is -2.16. The minimum Gasteiger partial charge on any atom is -0.396 e. The number of hydrogen-bond acceptors (Lipinski definition) is 2. The summed E-state index contributed by atoms with van der Waals surface area (Å²) in [6, 6.07) is 0. The van der Waals surface area contributed by atoms with Gasteiger partial charge in [-0.3, -0.25) is 4.79 Å². The summed E-state index contributed by atoms with van der Waals surface area (Å²) in [6.07, 6.45) is 8.73. The zero-order valence-corrected chi connectivity index (χ0v) is 8.54. The van der Waals surface area contributed by atoms with E-state index in [2.05, 4.69) is 17.5 Å². The Balaban J connectivity index is 2.11. The predicted octanol–water partition coefficient (Wildman–Crippen LogP) is 1.23. The van der Waals surface area contributed by atoms with Crippen LogP contribution in [-0.2, 0) is 4.79 Å². The van der Waals surface area contributed by atoms with Crippen molar-refractivity contribution in [2.45, 2.75) is 32.1 Å². The minimum atomic E-state index is 0.173. The van der Waals surface area contributed by atoms with Gasteiger partial charge >= 0.3 is 0 Å². The first-order chi connectivity index (χ1) is 6.84. The van der Waals surface area contributed by atoms with E-state index in [-0.39, 0.29) is 18.4 Å². The molecule has 1 unspecified atom stereocenters. The number of hydrogen-bond donors (Lipinski definition) is 2. The highest BCUT2D eigenvalue weighted by atomic mass is 16.2. The lowest BCUT2D eigenvalue weighted by Crippen LogP contribution is -2.31. The molecule has 0 radical (unpaired) electrons. The molecule has 3 heteroatoms. The number of aliphatic hydroxyl groups excluding tert-OH is 1. The molecule has 1 atom stereocenters. The number of aliphatic hydroxyl groups is 1. The maximum absolute atomic E-state index is 11.6. The van der Waals surface area contributed by atoms with Gasteiger partial charge in [0, 0.05) is 19.1 Å². The summed E-state index contributed by atoms with van der Waals surface area (Å²) in [4.78, 5) is 11.6. The van der Waals surface area contributed by atoms with Crippen molar-refractivity contribution >= 4 is 5.91 Å². The third-order valence-electron chi connectivity index (χ3n) is 2.52. The molecule has 0 aromatic rings. The Kier molecular flexibility index (Phi) is 5.30. The van der Waals surface area contributed by atoms with E-state index in [0.717, 1.165) is 32.1 Å². The smallest absolute Gasteiger partial charge is 0.223 e. The number of unbranched alkanes of at least 4 members (excludes halogenated alkanes) is 1. The van der Waals surface area contributed by atoms with Crippen molar-refractivity contribution in [1.82, 2.24) is 5.32 Å². The predicted molar refractivity (Wildman–Crippen MR) is 55.8 cm³/mol. The zero-order valence-electron chi connectivity index (χ0n) is 8.54. The summed E-state index contributed by atoms with van der Waals surface area (Å²) in [5.74, 6) is 0.349. The second kappa shape index (κ2) is 6.60. The van der Waals surface area contributed by atoms with Crippen LogP contribution in [0.25, 0.3) is 0 Å². The van der Waals surface area contributed by atoms with Crippen LogP contribution in [0.3, 0.4) is 0 Å². The van der Waals surface area contributed by atoms with E-state index in [0.29, 0.717) is 6.54 Å². The fourth-order valence-corrected chi connectivity index (χ4v) is 1.62. The van der Waals surface area contributed by atoms with Crippen LogP contribution in [0.4, 0.5) is 0 Å². The Bertz CT molecular complexity index is 201. The van der Waals surface area contributed by atoms with Crippen molar-refractivity contribution in [3.63, 3.8) is 0 Å². The van der Waals surface area contributed by atoms with Gasteiger partial charge < -0.3 is 10.4 Å². The van der Waals surface area contributed by atoms with Crippen LogP contribution >= 0.6 is 0 Å². The van der Waals surface area contributed by atoms with Gasteiger partial charge in [0.15, 0.2) is 0 Å². The summed E-state index contributed by atoms with van der Waals surface area (Å²) in [6.45, 7) is 0.904. The Morgan fingerprint density at radius 1 is 1.43 bits per heavy atom. The van der Waals surface area contributed by atoms with Crippen LogP contribution in [0.2, 0.25) is 0 Å². The fourth-order valence-electron chi connectivity index (χ4n) is 1.62. The molecular weight excluding hydrogens is 178 g/mol. The first-order valence-electron chi connectivity index (χ1n) is 5.38. The third kappa shape index (κ3) is 3.92. The molecule has 1 aliphatic carbocycles. The van der Waals surface area contributed by atoms with Crippen molar-refractivity contribution in [2.75, 3.05) is 13.2 Å². The summed E-state index contributed by atoms with van der Waals surface area (Å²) < 4.78 is 0. The van der Waals surface area contributed by atoms with Crippen molar-refractivity contribution in [3.8, 4) is 0 Å². The molecule has 0 heterocycles. The third-order valence-corrected chi connectivity index (χ3v) is 2.52. The largest absolute Gasteiger partial charge is 0.396 e. The van der Waals surface area contributed by atoms with Crippen molar-refractivity contribution in [3.05, 3.63) is 12.2 Å². The molecule has 0 bridgehead atoms. The van der Waals surface area contributed by atoms with E-state index < -0.39 is 0 Å². The molecule has 1 amide bonds. The maximum atomic E-state index is 11.6. The highest BCUT2D eigenvalue weighted by molar-refractivity contribution is 5.78. The highest BCUT2D eigenvalue weighted by Gasteiger charge is 2.17. The number of nitrogens with one attached hydrogen (secondary N) is 1. The number of carbonyl (C=O) groups excluding carboxylic acids is 1. The molecule has 80 valence electrons. The summed E-state index contributed by atoms with van der Waals surface area (Å²) in [7, 11) is 0. The maximum Gasteiger partial charge on any atom is 0.223 e. The molecular formula is C11H19NO2. The van der Waals surface area contributed by atoms with Gasteiger partial charge in [0.05, 0.1) is 0 Å². The van der Waals surface area contributed by atoms with Gasteiger partial charge in [0.25, 0.3) is 0 Å². The number of carbonyl (C=O) groups is 1. The van der Waals surface area contributed by atoms with Crippen molar-refractivity contribution in [2.24, 2.45) is 5.92 Å². The lowest BCUT2D eigenvalue weighted by molar-refractivity contribution is -0.125. The van der Waals surface area contributed by atoms with Crippen LogP contribution in [0.1, 0.15) is 32.1 Å². The van der Waals surface area contributed by atoms with Crippen LogP contribution in [0, 0.1) is 5.92 Å². The molecule has 3 nitrogen and oxygen atoms in total. The molecule has 0 fully saturated rings. The molecule has 0 saturated carbocycles. The first-order valence-corrected chi connectivity index (χ1v) is 5.38. The molecule has 0 aromatic heterocycles. The van der Waals surface area contributed by atoms with E-state index in [1.54, 1.807) is 0 Å². The van der Waals surface area contributed by atoms with E-state index in [9.17, 15) is 4.79 Å². The van der Waals surface area contributed by atoms with E-state index >= 15 is 0 Å². The molecule has 0 saturated heterocycles. The van der Waals surface area contributed by atoms with Crippen molar-refractivity contribution < 1.29 is 9.90 Å². The Morgan fingerprint density at radius 2 is 2.29 bits per heavy atom. The summed E-state index contributed by atoms with van der Waals surface area (Å²) in [5.41, 5.74) is 0. The van der Waals surface area contributed by atoms with Gasteiger partial charge in [0.1, 0.15) is 0 Å². The van der Waals surface area contributed by atoms with Gasteiger partial charge in [-0.05, 0) is 32.1 Å². The van der Waals surface area contributed by atoms with Gasteiger partial charge in [0.2, 0.25) is 5.91 Å². The average Bonchev–Trinajstić information content (AvgIpc) is 2.25. The molecule has 0 spiro atoms. The number of allylic oxidation sites excluding steroid dienone is 2. The molecule has 0 aliphatic heterocycles. The van der Waals surface area contributed by atoms with E-state index in [1.165, 1.54) is 0 Å². The quantitative estimate of drug-likeness (QED) is 0.514. The van der Waals surface area contributed by atoms with Crippen molar-refractivity contribution in [1.29, 1.82) is 0 Å². The SMILES string of the molecule is O=C(NCCCCO)C1CC=CCC1. The van der Waals surface area contributed by atoms with Crippen LogP contribution in [-0.4, -0.2) is 24.2 Å². The van der Waals surface area contributed by atoms with E-state index in [1.807, 2.05) is 0 Å². The molecule has 0 aromatic carbocycles.